The maximum atomic E-state index is 12.5. The number of rotatable bonds is 6. The van der Waals surface area contributed by atoms with Crippen molar-refractivity contribution in [2.75, 3.05) is 18.5 Å². The molecule has 3 rings (SSSR count). The number of nitrogens with one attached hydrogen (secondary N) is 2. The smallest absolute Gasteiger partial charge is 0.326 e. The fraction of sp³-hybridized carbons (Fsp3) is 0.474. The standard InChI is InChI=1S/C19H22ClN3O5/c1-10-6-11(2)16(13(20)7-10)21-14(24)9-28-15(25)8-23-17(26)19(3,12-4-5-12)22-18(23)27/h6-7,12H,4-5,8-9H2,1-3H3,(H,21,24)(H,22,27)/t19-/m1/s1. The van der Waals surface area contributed by atoms with E-state index >= 15 is 0 Å². The number of halogens is 1. The molecule has 28 heavy (non-hydrogen) atoms. The minimum Gasteiger partial charge on any atom is -0.454 e. The van der Waals surface area contributed by atoms with E-state index < -0.39 is 42.5 Å². The van der Waals surface area contributed by atoms with Crippen LogP contribution in [0.25, 0.3) is 0 Å². The molecule has 0 unspecified atom stereocenters. The predicted octanol–water partition coefficient (Wildman–Crippen LogP) is 2.16. The monoisotopic (exact) mass is 407 g/mol. The molecule has 1 saturated carbocycles. The molecule has 4 amide bonds. The van der Waals surface area contributed by atoms with Gasteiger partial charge in [0.15, 0.2) is 6.61 Å². The van der Waals surface area contributed by atoms with Gasteiger partial charge in [-0.15, -0.1) is 0 Å². The summed E-state index contributed by atoms with van der Waals surface area (Å²) < 4.78 is 4.91. The molecule has 2 fully saturated rings. The summed E-state index contributed by atoms with van der Waals surface area (Å²) in [6, 6.07) is 2.95. The van der Waals surface area contributed by atoms with Gasteiger partial charge in [-0.1, -0.05) is 17.7 Å². The Hall–Kier alpha value is -2.61. The van der Waals surface area contributed by atoms with Gasteiger partial charge in [-0.2, -0.15) is 0 Å². The van der Waals surface area contributed by atoms with Crippen molar-refractivity contribution >= 4 is 41.1 Å². The second-order valence-electron chi connectivity index (χ2n) is 7.45. The molecule has 2 aliphatic rings. The van der Waals surface area contributed by atoms with Gasteiger partial charge < -0.3 is 15.4 Å². The molecule has 1 aromatic rings. The van der Waals surface area contributed by atoms with Crippen LogP contribution in [0.3, 0.4) is 0 Å². The first-order valence-electron chi connectivity index (χ1n) is 8.98. The van der Waals surface area contributed by atoms with Crippen LogP contribution in [0.2, 0.25) is 5.02 Å². The Morgan fingerprint density at radius 2 is 2.00 bits per heavy atom. The molecule has 9 heteroatoms. The van der Waals surface area contributed by atoms with E-state index in [9.17, 15) is 19.2 Å². The zero-order valence-corrected chi connectivity index (χ0v) is 16.7. The first-order valence-corrected chi connectivity index (χ1v) is 9.36. The molecule has 0 aromatic heterocycles. The molecule has 1 heterocycles. The maximum absolute atomic E-state index is 12.5. The number of esters is 1. The Balaban J connectivity index is 1.53. The van der Waals surface area contributed by atoms with Gasteiger partial charge in [0.1, 0.15) is 12.1 Å². The van der Waals surface area contributed by atoms with E-state index in [-0.39, 0.29) is 5.92 Å². The first-order chi connectivity index (χ1) is 13.1. The highest BCUT2D eigenvalue weighted by molar-refractivity contribution is 6.34. The van der Waals surface area contributed by atoms with E-state index in [4.69, 9.17) is 16.3 Å². The highest BCUT2D eigenvalue weighted by Gasteiger charge is 2.56. The Morgan fingerprint density at radius 3 is 2.61 bits per heavy atom. The van der Waals surface area contributed by atoms with Gasteiger partial charge >= 0.3 is 12.0 Å². The number of carbonyl (C=O) groups excluding carboxylic acids is 4. The topological polar surface area (TPSA) is 105 Å². The first kappa shape index (κ1) is 20.1. The number of aryl methyl sites for hydroxylation is 2. The van der Waals surface area contributed by atoms with Crippen molar-refractivity contribution in [3.8, 4) is 0 Å². The third-order valence-electron chi connectivity index (χ3n) is 5.04. The Kier molecular flexibility index (Phi) is 5.34. The normalized spacial score (nSPS) is 21.5. The van der Waals surface area contributed by atoms with Crippen molar-refractivity contribution < 1.29 is 23.9 Å². The molecule has 0 spiro atoms. The van der Waals surface area contributed by atoms with Crippen molar-refractivity contribution in [2.24, 2.45) is 5.92 Å². The molecule has 1 aliphatic carbocycles. The quantitative estimate of drug-likeness (QED) is 0.555. The summed E-state index contributed by atoms with van der Waals surface area (Å²) in [5.41, 5.74) is 1.22. The van der Waals surface area contributed by atoms with Gasteiger partial charge in [0, 0.05) is 0 Å². The number of hydrogen-bond acceptors (Lipinski definition) is 5. The number of urea groups is 1. The van der Waals surface area contributed by atoms with Gasteiger partial charge in [0.25, 0.3) is 11.8 Å². The van der Waals surface area contributed by atoms with Crippen molar-refractivity contribution in [3.05, 3.63) is 28.3 Å². The van der Waals surface area contributed by atoms with E-state index in [1.54, 1.807) is 19.9 Å². The molecule has 1 atom stereocenters. The summed E-state index contributed by atoms with van der Waals surface area (Å²) in [6.07, 6.45) is 1.73. The van der Waals surface area contributed by atoms with Crippen molar-refractivity contribution in [1.29, 1.82) is 0 Å². The van der Waals surface area contributed by atoms with Crippen LogP contribution in [0.15, 0.2) is 12.1 Å². The molecule has 1 saturated heterocycles. The molecule has 0 radical (unpaired) electrons. The van der Waals surface area contributed by atoms with E-state index in [0.29, 0.717) is 10.7 Å². The molecule has 8 nitrogen and oxygen atoms in total. The van der Waals surface area contributed by atoms with Crippen LogP contribution >= 0.6 is 11.6 Å². The average molecular weight is 408 g/mol. The second-order valence-corrected chi connectivity index (χ2v) is 7.85. The van der Waals surface area contributed by atoms with Gasteiger partial charge in [0.05, 0.1) is 10.7 Å². The highest BCUT2D eigenvalue weighted by atomic mass is 35.5. The number of ether oxygens (including phenoxy) is 1. The largest absolute Gasteiger partial charge is 0.454 e. The van der Waals surface area contributed by atoms with Gasteiger partial charge in [-0.3, -0.25) is 19.3 Å². The SMILES string of the molecule is Cc1cc(C)c(NC(=O)COC(=O)CN2C(=O)N[C@](C)(C3CC3)C2=O)c(Cl)c1. The van der Waals surface area contributed by atoms with E-state index in [2.05, 4.69) is 10.6 Å². The molecule has 150 valence electrons. The molecular formula is C19H22ClN3O5. The lowest BCUT2D eigenvalue weighted by Crippen LogP contribution is -2.46. The number of benzene rings is 1. The lowest BCUT2D eigenvalue weighted by atomic mass is 9.96. The second kappa shape index (κ2) is 7.43. The number of nitrogens with zero attached hydrogens (tertiary/aromatic N) is 1. The van der Waals surface area contributed by atoms with Crippen molar-refractivity contribution in [1.82, 2.24) is 10.2 Å². The molecule has 1 aromatic carbocycles. The summed E-state index contributed by atoms with van der Waals surface area (Å²) in [4.78, 5) is 49.4. The van der Waals surface area contributed by atoms with Crippen LogP contribution in [-0.2, 0) is 19.1 Å². The number of amides is 4. The van der Waals surface area contributed by atoms with E-state index in [0.717, 1.165) is 28.9 Å². The average Bonchev–Trinajstić information content (AvgIpc) is 3.42. The van der Waals surface area contributed by atoms with Gasteiger partial charge in [-0.25, -0.2) is 4.79 Å². The number of anilines is 1. The maximum Gasteiger partial charge on any atom is 0.326 e. The predicted molar refractivity (Wildman–Crippen MR) is 102 cm³/mol. The zero-order chi connectivity index (χ0) is 20.6. The van der Waals surface area contributed by atoms with Gasteiger partial charge in [0.2, 0.25) is 0 Å². The van der Waals surface area contributed by atoms with Crippen molar-refractivity contribution in [2.45, 2.75) is 39.2 Å². The lowest BCUT2D eigenvalue weighted by molar-refractivity contribution is -0.150. The molecular weight excluding hydrogens is 386 g/mol. The summed E-state index contributed by atoms with van der Waals surface area (Å²) >= 11 is 6.13. The van der Waals surface area contributed by atoms with Gasteiger partial charge in [-0.05, 0) is 56.7 Å². The van der Waals surface area contributed by atoms with Crippen LogP contribution in [-0.4, -0.2) is 47.4 Å². The number of carbonyl (C=O) groups is 4. The highest BCUT2D eigenvalue weighted by Crippen LogP contribution is 2.42. The third kappa shape index (κ3) is 3.96. The lowest BCUT2D eigenvalue weighted by Gasteiger charge is -2.20. The Morgan fingerprint density at radius 1 is 1.32 bits per heavy atom. The fourth-order valence-corrected chi connectivity index (χ4v) is 3.74. The van der Waals surface area contributed by atoms with Crippen LogP contribution < -0.4 is 10.6 Å². The van der Waals surface area contributed by atoms with Crippen LogP contribution in [0, 0.1) is 19.8 Å². The summed E-state index contributed by atoms with van der Waals surface area (Å²) in [5.74, 6) is -1.76. The number of hydrogen-bond donors (Lipinski definition) is 2. The van der Waals surface area contributed by atoms with Crippen LogP contribution in [0.1, 0.15) is 30.9 Å². The third-order valence-corrected chi connectivity index (χ3v) is 5.34. The van der Waals surface area contributed by atoms with Crippen LogP contribution in [0.5, 0.6) is 0 Å². The summed E-state index contributed by atoms with van der Waals surface area (Å²) in [7, 11) is 0. The van der Waals surface area contributed by atoms with Crippen LogP contribution in [0.4, 0.5) is 10.5 Å². The van der Waals surface area contributed by atoms with Crippen molar-refractivity contribution in [3.63, 3.8) is 0 Å². The van der Waals surface area contributed by atoms with E-state index in [1.807, 2.05) is 13.0 Å². The zero-order valence-electron chi connectivity index (χ0n) is 15.9. The number of imide groups is 1. The molecule has 2 N–H and O–H groups in total. The summed E-state index contributed by atoms with van der Waals surface area (Å²) in [5, 5.41) is 5.63. The Bertz CT molecular complexity index is 844. The minimum absolute atomic E-state index is 0.0956. The fourth-order valence-electron chi connectivity index (χ4n) is 3.37. The minimum atomic E-state index is -0.964. The summed E-state index contributed by atoms with van der Waals surface area (Å²) in [6.45, 7) is 4.26. The van der Waals surface area contributed by atoms with E-state index in [1.165, 1.54) is 0 Å². The Labute approximate surface area is 167 Å². The molecule has 1 aliphatic heterocycles. The molecule has 0 bridgehead atoms.